The predicted octanol–water partition coefficient (Wildman–Crippen LogP) is 1.43. The normalized spacial score (nSPS) is 11.6. The van der Waals surface area contributed by atoms with Crippen LogP contribution in [0.2, 0.25) is 0 Å². The van der Waals surface area contributed by atoms with E-state index in [1.54, 1.807) is 43.5 Å². The van der Waals surface area contributed by atoms with Gasteiger partial charge in [-0.2, -0.15) is 5.10 Å². The third-order valence-corrected chi connectivity index (χ3v) is 5.14. The molecule has 0 saturated heterocycles. The summed E-state index contributed by atoms with van der Waals surface area (Å²) in [6.07, 6.45) is 1.41. The molecule has 0 bridgehead atoms. The zero-order valence-electron chi connectivity index (χ0n) is 14.7. The van der Waals surface area contributed by atoms with Crippen molar-refractivity contribution < 1.29 is 13.2 Å². The number of nitrogens with two attached hydrogens (primary N) is 1. The van der Waals surface area contributed by atoms with E-state index in [-0.39, 0.29) is 10.5 Å². The van der Waals surface area contributed by atoms with Crippen LogP contribution in [0.15, 0.2) is 64.4 Å². The van der Waals surface area contributed by atoms with Crippen molar-refractivity contribution in [3.05, 3.63) is 65.1 Å². The fourth-order valence-electron chi connectivity index (χ4n) is 2.77. The Kier molecular flexibility index (Phi) is 4.21. The van der Waals surface area contributed by atoms with E-state index in [1.165, 1.54) is 23.0 Å². The largest absolute Gasteiger partial charge is 0.497 e. The number of nitrogens with zero attached hydrogens (tertiary/aromatic N) is 3. The van der Waals surface area contributed by atoms with Crippen LogP contribution < -0.4 is 15.4 Å². The lowest BCUT2D eigenvalue weighted by Gasteiger charge is -2.06. The van der Waals surface area contributed by atoms with E-state index in [0.29, 0.717) is 33.9 Å². The molecule has 0 aliphatic heterocycles. The lowest BCUT2D eigenvalue weighted by molar-refractivity contribution is 0.415. The summed E-state index contributed by atoms with van der Waals surface area (Å²) in [5, 5.41) is 9.65. The molecule has 0 unspecified atom stereocenters. The van der Waals surface area contributed by atoms with Gasteiger partial charge in [0.25, 0.3) is 5.56 Å². The third kappa shape index (κ3) is 3.15. The second kappa shape index (κ2) is 6.59. The maximum absolute atomic E-state index is 12.5. The van der Waals surface area contributed by atoms with Crippen LogP contribution in [0.1, 0.15) is 0 Å². The first-order valence-electron chi connectivity index (χ1n) is 8.12. The molecule has 28 heavy (non-hydrogen) atoms. The van der Waals surface area contributed by atoms with Crippen molar-refractivity contribution in [1.29, 1.82) is 0 Å². The van der Waals surface area contributed by atoms with Crippen molar-refractivity contribution in [3.8, 4) is 22.8 Å². The number of hydrogen-bond donors (Lipinski definition) is 2. The number of aromatic nitrogens is 4. The van der Waals surface area contributed by atoms with Crippen LogP contribution in [-0.4, -0.2) is 35.3 Å². The first-order chi connectivity index (χ1) is 13.4. The summed E-state index contributed by atoms with van der Waals surface area (Å²) in [7, 11) is -2.23. The Balaban J connectivity index is 1.84. The van der Waals surface area contributed by atoms with Crippen molar-refractivity contribution in [3.63, 3.8) is 0 Å². The minimum atomic E-state index is -3.80. The smallest absolute Gasteiger partial charge is 0.262 e. The maximum Gasteiger partial charge on any atom is 0.262 e. The fourth-order valence-corrected chi connectivity index (χ4v) is 3.29. The number of primary sulfonamides is 1. The summed E-state index contributed by atoms with van der Waals surface area (Å²) in [5.74, 6) is 1.07. The molecule has 0 spiro atoms. The quantitative estimate of drug-likeness (QED) is 0.535. The molecule has 4 rings (SSSR count). The Labute approximate surface area is 159 Å². The standard InChI is InChI=1S/C18H15N5O4S/c1-27-13-6-2-11(3-7-13)16-21-17-15(18(24)22-16)10-20-23(17)12-4-8-14(9-5-12)28(19,25)26/h2-10H,1H3,(H2,19,25,26)(H,21,22,24). The van der Waals surface area contributed by atoms with Gasteiger partial charge in [0.15, 0.2) is 5.65 Å². The van der Waals surface area contributed by atoms with Crippen LogP contribution in [0, 0.1) is 0 Å². The van der Waals surface area contributed by atoms with Crippen LogP contribution in [0.3, 0.4) is 0 Å². The van der Waals surface area contributed by atoms with Crippen molar-refractivity contribution in [1.82, 2.24) is 19.7 Å². The van der Waals surface area contributed by atoms with E-state index in [2.05, 4.69) is 15.1 Å². The van der Waals surface area contributed by atoms with E-state index < -0.39 is 10.0 Å². The predicted molar refractivity (Wildman–Crippen MR) is 103 cm³/mol. The molecule has 9 nitrogen and oxygen atoms in total. The first kappa shape index (κ1) is 17.9. The minimum Gasteiger partial charge on any atom is -0.497 e. The zero-order chi connectivity index (χ0) is 19.9. The van der Waals surface area contributed by atoms with Crippen LogP contribution in [-0.2, 0) is 10.0 Å². The van der Waals surface area contributed by atoms with Crippen LogP contribution in [0.5, 0.6) is 5.75 Å². The number of fused-ring (bicyclic) bond motifs is 1. The Morgan fingerprint density at radius 2 is 1.75 bits per heavy atom. The molecular formula is C18H15N5O4S. The Bertz CT molecular complexity index is 1320. The van der Waals surface area contributed by atoms with Gasteiger partial charge in [-0.3, -0.25) is 4.79 Å². The van der Waals surface area contributed by atoms with Gasteiger partial charge in [-0.05, 0) is 48.5 Å². The second-order valence-corrected chi connectivity index (χ2v) is 7.54. The number of methoxy groups -OCH3 is 1. The van der Waals surface area contributed by atoms with Crippen LogP contribution in [0.25, 0.3) is 28.1 Å². The fraction of sp³-hybridized carbons (Fsp3) is 0.0556. The summed E-state index contributed by atoms with van der Waals surface area (Å²) >= 11 is 0. The summed E-state index contributed by atoms with van der Waals surface area (Å²) < 4.78 is 29.4. The molecule has 142 valence electrons. The molecule has 0 aliphatic carbocycles. The molecule has 0 aliphatic rings. The van der Waals surface area contributed by atoms with Crippen molar-refractivity contribution in [2.75, 3.05) is 7.11 Å². The number of aromatic amines is 1. The number of benzene rings is 2. The number of sulfonamides is 1. The highest BCUT2D eigenvalue weighted by Crippen LogP contribution is 2.21. The van der Waals surface area contributed by atoms with Gasteiger partial charge in [-0.1, -0.05) is 0 Å². The molecule has 0 amide bonds. The summed E-state index contributed by atoms with van der Waals surface area (Å²) in [5.41, 5.74) is 1.26. The van der Waals surface area contributed by atoms with Gasteiger partial charge in [-0.25, -0.2) is 23.2 Å². The number of nitrogens with one attached hydrogen (secondary N) is 1. The second-order valence-electron chi connectivity index (χ2n) is 5.98. The Morgan fingerprint density at radius 3 is 2.36 bits per heavy atom. The molecule has 2 aromatic heterocycles. The first-order valence-corrected chi connectivity index (χ1v) is 9.67. The highest BCUT2D eigenvalue weighted by molar-refractivity contribution is 7.89. The van der Waals surface area contributed by atoms with E-state index in [0.717, 1.165) is 0 Å². The molecule has 0 atom stereocenters. The Hall–Kier alpha value is -3.50. The van der Waals surface area contributed by atoms with Gasteiger partial charge in [0.1, 0.15) is 17.0 Å². The van der Waals surface area contributed by atoms with E-state index in [4.69, 9.17) is 9.88 Å². The molecule has 2 heterocycles. The molecule has 10 heteroatoms. The monoisotopic (exact) mass is 397 g/mol. The van der Waals surface area contributed by atoms with Gasteiger partial charge in [0.05, 0.1) is 23.9 Å². The summed E-state index contributed by atoms with van der Waals surface area (Å²) in [6, 6.07) is 12.9. The molecule has 3 N–H and O–H groups in total. The number of H-pyrrole nitrogens is 1. The highest BCUT2D eigenvalue weighted by atomic mass is 32.2. The minimum absolute atomic E-state index is 0.0163. The topological polar surface area (TPSA) is 133 Å². The lowest BCUT2D eigenvalue weighted by Crippen LogP contribution is -2.12. The molecule has 2 aromatic carbocycles. The molecule has 0 radical (unpaired) electrons. The van der Waals surface area contributed by atoms with Crippen LogP contribution in [0.4, 0.5) is 0 Å². The SMILES string of the molecule is COc1ccc(-c2nc3c(cnn3-c3ccc(S(N)(=O)=O)cc3)c(=O)[nH]2)cc1. The number of ether oxygens (including phenoxy) is 1. The number of hydrogen-bond acceptors (Lipinski definition) is 6. The zero-order valence-corrected chi connectivity index (χ0v) is 15.5. The lowest BCUT2D eigenvalue weighted by atomic mass is 10.2. The molecule has 0 saturated carbocycles. The van der Waals surface area contributed by atoms with Crippen molar-refractivity contribution >= 4 is 21.1 Å². The summed E-state index contributed by atoms with van der Waals surface area (Å²) in [6.45, 7) is 0. The average molecular weight is 397 g/mol. The van der Waals surface area contributed by atoms with Gasteiger partial charge >= 0.3 is 0 Å². The van der Waals surface area contributed by atoms with E-state index >= 15 is 0 Å². The van der Waals surface area contributed by atoms with Gasteiger partial charge < -0.3 is 9.72 Å². The van der Waals surface area contributed by atoms with Gasteiger partial charge in [0, 0.05) is 5.56 Å². The molecular weight excluding hydrogens is 382 g/mol. The third-order valence-electron chi connectivity index (χ3n) is 4.21. The number of rotatable bonds is 4. The highest BCUT2D eigenvalue weighted by Gasteiger charge is 2.14. The van der Waals surface area contributed by atoms with Crippen molar-refractivity contribution in [2.24, 2.45) is 5.14 Å². The maximum atomic E-state index is 12.5. The molecule has 4 aromatic rings. The van der Waals surface area contributed by atoms with E-state index in [9.17, 15) is 13.2 Å². The van der Waals surface area contributed by atoms with E-state index in [1.807, 2.05) is 0 Å². The average Bonchev–Trinajstić information content (AvgIpc) is 3.12. The van der Waals surface area contributed by atoms with Gasteiger partial charge in [-0.15, -0.1) is 0 Å². The molecule has 0 fully saturated rings. The Morgan fingerprint density at radius 1 is 1.07 bits per heavy atom. The van der Waals surface area contributed by atoms with Crippen molar-refractivity contribution in [2.45, 2.75) is 4.90 Å². The van der Waals surface area contributed by atoms with Gasteiger partial charge in [0.2, 0.25) is 10.0 Å². The summed E-state index contributed by atoms with van der Waals surface area (Å²) in [4.78, 5) is 19.7. The van der Waals surface area contributed by atoms with Crippen LogP contribution >= 0.6 is 0 Å².